The minimum atomic E-state index is 0.213. The molecule has 0 aliphatic heterocycles. The summed E-state index contributed by atoms with van der Waals surface area (Å²) in [6, 6.07) is 1.89. The summed E-state index contributed by atoms with van der Waals surface area (Å²) >= 11 is 3.37. The van der Waals surface area contributed by atoms with E-state index in [0.29, 0.717) is 5.92 Å². The fourth-order valence-corrected chi connectivity index (χ4v) is 3.17. The molecular weight excluding hydrogens is 278 g/mol. The van der Waals surface area contributed by atoms with E-state index in [4.69, 9.17) is 0 Å². The molecule has 0 radical (unpaired) electrons. The van der Waals surface area contributed by atoms with Gasteiger partial charge in [-0.25, -0.2) is 0 Å². The summed E-state index contributed by atoms with van der Waals surface area (Å²) < 4.78 is 0.882. The van der Waals surface area contributed by atoms with E-state index in [9.17, 15) is 4.79 Å². The predicted molar refractivity (Wildman–Crippen MR) is 72.0 cm³/mol. The highest BCUT2D eigenvalue weighted by molar-refractivity contribution is 9.10. The first-order valence-electron chi connectivity index (χ1n) is 6.37. The summed E-state index contributed by atoms with van der Waals surface area (Å²) in [4.78, 5) is 16.5. The number of Topliss-reactive ketones (excluding diaryl/α,β-unsaturated/α-hetero) is 1. The molecule has 2 rings (SSSR count). The van der Waals surface area contributed by atoms with Crippen molar-refractivity contribution in [3.63, 3.8) is 0 Å². The summed E-state index contributed by atoms with van der Waals surface area (Å²) in [6.07, 6.45) is 9.23. The minimum absolute atomic E-state index is 0.213. The second kappa shape index (κ2) is 5.76. The highest BCUT2D eigenvalue weighted by atomic mass is 79.9. The number of rotatable bonds is 3. The van der Waals surface area contributed by atoms with Gasteiger partial charge in [-0.1, -0.05) is 26.2 Å². The van der Waals surface area contributed by atoms with Crippen LogP contribution in [0, 0.1) is 11.8 Å². The topological polar surface area (TPSA) is 30.0 Å². The van der Waals surface area contributed by atoms with E-state index >= 15 is 0 Å². The van der Waals surface area contributed by atoms with E-state index in [0.717, 1.165) is 22.9 Å². The van der Waals surface area contributed by atoms with E-state index in [-0.39, 0.29) is 11.7 Å². The van der Waals surface area contributed by atoms with Crippen molar-refractivity contribution >= 4 is 21.7 Å². The molecule has 1 aromatic rings. The number of hydrogen-bond acceptors (Lipinski definition) is 2. The minimum Gasteiger partial charge on any atom is -0.294 e. The summed E-state index contributed by atoms with van der Waals surface area (Å²) in [6.45, 7) is 2.19. The first-order valence-corrected chi connectivity index (χ1v) is 7.16. The van der Waals surface area contributed by atoms with Crippen molar-refractivity contribution in [1.29, 1.82) is 0 Å². The third-order valence-corrected chi connectivity index (χ3v) is 4.19. The van der Waals surface area contributed by atoms with Gasteiger partial charge in [0, 0.05) is 28.3 Å². The third-order valence-electron chi connectivity index (χ3n) is 3.76. The van der Waals surface area contributed by atoms with Crippen LogP contribution in [0.15, 0.2) is 22.9 Å². The Hall–Kier alpha value is -0.700. The van der Waals surface area contributed by atoms with Gasteiger partial charge in [0.2, 0.25) is 0 Å². The van der Waals surface area contributed by atoms with Gasteiger partial charge in [0.15, 0.2) is 5.78 Å². The lowest BCUT2D eigenvalue weighted by atomic mass is 9.74. The lowest BCUT2D eigenvalue weighted by Gasteiger charge is -2.29. The van der Waals surface area contributed by atoms with Gasteiger partial charge in [0.25, 0.3) is 0 Å². The Morgan fingerprint density at radius 2 is 2.18 bits per heavy atom. The summed E-state index contributed by atoms with van der Waals surface area (Å²) in [7, 11) is 0. The number of carbonyl (C=O) groups is 1. The van der Waals surface area contributed by atoms with Crippen LogP contribution in [0.3, 0.4) is 0 Å². The molecule has 0 N–H and O–H groups in total. The van der Waals surface area contributed by atoms with Crippen LogP contribution in [-0.2, 0) is 0 Å². The Morgan fingerprint density at radius 1 is 1.41 bits per heavy atom. The molecule has 0 aromatic carbocycles. The van der Waals surface area contributed by atoms with Crippen LogP contribution in [0.2, 0.25) is 0 Å². The van der Waals surface area contributed by atoms with E-state index in [1.807, 2.05) is 6.07 Å². The van der Waals surface area contributed by atoms with Gasteiger partial charge >= 0.3 is 0 Å². The van der Waals surface area contributed by atoms with Crippen molar-refractivity contribution < 1.29 is 4.79 Å². The van der Waals surface area contributed by atoms with Gasteiger partial charge < -0.3 is 0 Å². The number of ketones is 1. The second-order valence-corrected chi connectivity index (χ2v) is 5.73. The van der Waals surface area contributed by atoms with E-state index in [1.165, 1.54) is 19.3 Å². The molecule has 0 saturated heterocycles. The molecule has 0 spiro atoms. The lowest BCUT2D eigenvalue weighted by Crippen LogP contribution is -2.27. The monoisotopic (exact) mass is 295 g/mol. The Morgan fingerprint density at radius 3 is 2.88 bits per heavy atom. The molecule has 1 aromatic heterocycles. The zero-order valence-corrected chi connectivity index (χ0v) is 11.7. The fourth-order valence-electron chi connectivity index (χ4n) is 2.80. The van der Waals surface area contributed by atoms with E-state index < -0.39 is 0 Å². The molecule has 1 fully saturated rings. The largest absolute Gasteiger partial charge is 0.294 e. The summed E-state index contributed by atoms with van der Waals surface area (Å²) in [5.74, 6) is 1.06. The zero-order valence-electron chi connectivity index (χ0n) is 10.2. The van der Waals surface area contributed by atoms with Gasteiger partial charge in [-0.15, -0.1) is 0 Å². The number of hydrogen-bond donors (Lipinski definition) is 0. The van der Waals surface area contributed by atoms with Crippen LogP contribution in [0.25, 0.3) is 0 Å². The van der Waals surface area contributed by atoms with Crippen molar-refractivity contribution in [2.75, 3.05) is 0 Å². The SMILES string of the molecule is CCC1CCCCC1C(=O)c1cncc(Br)c1. The molecule has 1 heterocycles. The highest BCUT2D eigenvalue weighted by Gasteiger charge is 2.30. The number of nitrogens with zero attached hydrogens (tertiary/aromatic N) is 1. The molecule has 2 nitrogen and oxygen atoms in total. The maximum absolute atomic E-state index is 12.5. The molecular formula is C14H18BrNO. The fraction of sp³-hybridized carbons (Fsp3) is 0.571. The van der Waals surface area contributed by atoms with E-state index in [2.05, 4.69) is 27.8 Å². The predicted octanol–water partition coefficient (Wildman–Crippen LogP) is 4.24. The Kier molecular flexibility index (Phi) is 4.32. The van der Waals surface area contributed by atoms with Gasteiger partial charge in [0.05, 0.1) is 0 Å². The average molecular weight is 296 g/mol. The number of carbonyl (C=O) groups excluding carboxylic acids is 1. The zero-order chi connectivity index (χ0) is 12.3. The standard InChI is InChI=1S/C14H18BrNO/c1-2-10-5-3-4-6-13(10)14(17)11-7-12(15)9-16-8-11/h7-10,13H,2-6H2,1H3. The molecule has 1 aliphatic carbocycles. The van der Waals surface area contributed by atoms with Gasteiger partial charge in [-0.2, -0.15) is 0 Å². The summed E-state index contributed by atoms with van der Waals surface area (Å²) in [5, 5.41) is 0. The van der Waals surface area contributed by atoms with Crippen molar-refractivity contribution in [2.45, 2.75) is 39.0 Å². The van der Waals surface area contributed by atoms with Gasteiger partial charge in [-0.3, -0.25) is 9.78 Å². The first-order chi connectivity index (χ1) is 8.22. The average Bonchev–Trinajstić information content (AvgIpc) is 2.38. The molecule has 0 amide bonds. The normalized spacial score (nSPS) is 24.6. The van der Waals surface area contributed by atoms with Crippen LogP contribution in [0.5, 0.6) is 0 Å². The van der Waals surface area contributed by atoms with Crippen LogP contribution >= 0.6 is 15.9 Å². The molecule has 2 atom stereocenters. The van der Waals surface area contributed by atoms with Crippen molar-refractivity contribution in [2.24, 2.45) is 11.8 Å². The van der Waals surface area contributed by atoms with Crippen LogP contribution in [0.4, 0.5) is 0 Å². The number of aromatic nitrogens is 1. The third kappa shape index (κ3) is 2.95. The molecule has 1 aliphatic rings. The molecule has 3 heteroatoms. The van der Waals surface area contributed by atoms with Crippen LogP contribution in [-0.4, -0.2) is 10.8 Å². The number of halogens is 1. The van der Waals surface area contributed by atoms with Crippen molar-refractivity contribution in [3.05, 3.63) is 28.5 Å². The maximum Gasteiger partial charge on any atom is 0.167 e. The number of pyridine rings is 1. The van der Waals surface area contributed by atoms with Gasteiger partial charge in [0.1, 0.15) is 0 Å². The first kappa shape index (κ1) is 12.7. The lowest BCUT2D eigenvalue weighted by molar-refractivity contribution is 0.0820. The molecule has 17 heavy (non-hydrogen) atoms. The van der Waals surface area contributed by atoms with Crippen LogP contribution < -0.4 is 0 Å². The molecule has 1 saturated carbocycles. The van der Waals surface area contributed by atoms with Crippen molar-refractivity contribution in [1.82, 2.24) is 4.98 Å². The summed E-state index contributed by atoms with van der Waals surface area (Å²) in [5.41, 5.74) is 0.754. The molecule has 92 valence electrons. The Balaban J connectivity index is 2.18. The highest BCUT2D eigenvalue weighted by Crippen LogP contribution is 2.34. The second-order valence-electron chi connectivity index (χ2n) is 4.82. The van der Waals surface area contributed by atoms with Crippen LogP contribution in [0.1, 0.15) is 49.4 Å². The van der Waals surface area contributed by atoms with Crippen molar-refractivity contribution in [3.8, 4) is 0 Å². The van der Waals surface area contributed by atoms with Gasteiger partial charge in [-0.05, 0) is 40.8 Å². The maximum atomic E-state index is 12.5. The quantitative estimate of drug-likeness (QED) is 0.781. The molecule has 2 unspecified atom stereocenters. The smallest absolute Gasteiger partial charge is 0.167 e. The van der Waals surface area contributed by atoms with E-state index in [1.54, 1.807) is 12.4 Å². The Labute approximate surface area is 111 Å². The Bertz CT molecular complexity index is 405. The molecule has 0 bridgehead atoms.